The Kier molecular flexibility index (Phi) is 3.63. The maximum atomic E-state index is 11.8. The molecule has 3 aromatic rings. The van der Waals surface area contributed by atoms with Gasteiger partial charge in [-0.15, -0.1) is 0 Å². The molecule has 0 radical (unpaired) electrons. The number of carboxylic acid groups (broad SMARTS) is 1. The van der Waals surface area contributed by atoms with Crippen molar-refractivity contribution >= 4 is 17.0 Å². The van der Waals surface area contributed by atoms with Crippen LogP contribution in [0.25, 0.3) is 22.6 Å². The number of imidazole rings is 1. The predicted molar refractivity (Wildman–Crippen MR) is 84.5 cm³/mol. The SMILES string of the molecule is CC(C)C(C(=O)O)n1c(-c2ccccn2)nc2ccccc21. The first-order valence-corrected chi connectivity index (χ1v) is 7.20. The molecule has 0 bridgehead atoms. The second-order valence-corrected chi connectivity index (χ2v) is 5.54. The smallest absolute Gasteiger partial charge is 0.327 e. The highest BCUT2D eigenvalue weighted by atomic mass is 16.4. The number of pyridine rings is 1. The molecule has 1 atom stereocenters. The van der Waals surface area contributed by atoms with E-state index in [0.29, 0.717) is 11.5 Å². The van der Waals surface area contributed by atoms with Crippen LogP contribution in [0.4, 0.5) is 0 Å². The van der Waals surface area contributed by atoms with Crippen molar-refractivity contribution in [1.29, 1.82) is 0 Å². The minimum Gasteiger partial charge on any atom is -0.480 e. The molecule has 5 heteroatoms. The van der Waals surface area contributed by atoms with Gasteiger partial charge in [-0.05, 0) is 30.2 Å². The lowest BCUT2D eigenvalue weighted by Gasteiger charge is -2.21. The van der Waals surface area contributed by atoms with Crippen molar-refractivity contribution in [3.8, 4) is 11.5 Å². The molecule has 3 rings (SSSR count). The lowest BCUT2D eigenvalue weighted by Crippen LogP contribution is -2.25. The van der Waals surface area contributed by atoms with Crippen molar-refractivity contribution in [3.05, 3.63) is 48.7 Å². The van der Waals surface area contributed by atoms with Crippen LogP contribution >= 0.6 is 0 Å². The highest BCUT2D eigenvalue weighted by Crippen LogP contribution is 2.30. The van der Waals surface area contributed by atoms with E-state index in [1.807, 2.05) is 56.3 Å². The molecule has 1 aromatic carbocycles. The molecule has 2 heterocycles. The van der Waals surface area contributed by atoms with Gasteiger partial charge in [0, 0.05) is 6.20 Å². The van der Waals surface area contributed by atoms with E-state index in [0.717, 1.165) is 11.0 Å². The molecule has 22 heavy (non-hydrogen) atoms. The number of benzene rings is 1. The van der Waals surface area contributed by atoms with Crippen LogP contribution in [0.3, 0.4) is 0 Å². The molecule has 0 saturated heterocycles. The number of rotatable bonds is 4. The number of para-hydroxylation sites is 2. The lowest BCUT2D eigenvalue weighted by atomic mass is 10.0. The predicted octanol–water partition coefficient (Wildman–Crippen LogP) is 3.38. The fourth-order valence-corrected chi connectivity index (χ4v) is 2.70. The van der Waals surface area contributed by atoms with E-state index in [9.17, 15) is 9.90 Å². The third-order valence-electron chi connectivity index (χ3n) is 3.65. The Balaban J connectivity index is 2.33. The number of aromatic nitrogens is 3. The molecule has 1 unspecified atom stereocenters. The molecule has 0 aliphatic carbocycles. The fourth-order valence-electron chi connectivity index (χ4n) is 2.70. The van der Waals surface area contributed by atoms with Gasteiger partial charge in [0.2, 0.25) is 0 Å². The minimum atomic E-state index is -0.865. The number of fused-ring (bicyclic) bond motifs is 1. The first-order valence-electron chi connectivity index (χ1n) is 7.20. The summed E-state index contributed by atoms with van der Waals surface area (Å²) < 4.78 is 1.78. The van der Waals surface area contributed by atoms with Crippen molar-refractivity contribution in [2.24, 2.45) is 5.92 Å². The average molecular weight is 295 g/mol. The van der Waals surface area contributed by atoms with Crippen LogP contribution in [-0.4, -0.2) is 25.6 Å². The minimum absolute atomic E-state index is 0.0717. The van der Waals surface area contributed by atoms with Gasteiger partial charge < -0.3 is 9.67 Å². The van der Waals surface area contributed by atoms with Gasteiger partial charge in [0.1, 0.15) is 11.7 Å². The number of carboxylic acids is 1. The third-order valence-corrected chi connectivity index (χ3v) is 3.65. The van der Waals surface area contributed by atoms with Gasteiger partial charge in [0.05, 0.1) is 11.0 Å². The maximum absolute atomic E-state index is 11.8. The summed E-state index contributed by atoms with van der Waals surface area (Å²) >= 11 is 0. The number of nitrogens with zero attached hydrogens (tertiary/aromatic N) is 3. The quantitative estimate of drug-likeness (QED) is 0.801. The van der Waals surface area contributed by atoms with Gasteiger partial charge in [0.15, 0.2) is 5.82 Å². The monoisotopic (exact) mass is 295 g/mol. The van der Waals surface area contributed by atoms with Gasteiger partial charge in [-0.2, -0.15) is 0 Å². The Hall–Kier alpha value is -2.69. The Labute approximate surface area is 128 Å². The molecule has 0 amide bonds. The van der Waals surface area contributed by atoms with Gasteiger partial charge in [-0.1, -0.05) is 32.0 Å². The van der Waals surface area contributed by atoms with Crippen LogP contribution in [0.1, 0.15) is 19.9 Å². The summed E-state index contributed by atoms with van der Waals surface area (Å²) in [7, 11) is 0. The van der Waals surface area contributed by atoms with Crippen molar-refractivity contribution < 1.29 is 9.90 Å². The molecular weight excluding hydrogens is 278 g/mol. The average Bonchev–Trinajstić information content (AvgIpc) is 2.87. The van der Waals surface area contributed by atoms with E-state index in [-0.39, 0.29) is 5.92 Å². The van der Waals surface area contributed by atoms with Crippen LogP contribution in [0.15, 0.2) is 48.7 Å². The Bertz CT molecular complexity index is 809. The molecule has 0 spiro atoms. The summed E-state index contributed by atoms with van der Waals surface area (Å²) in [5.74, 6) is -0.351. The van der Waals surface area contributed by atoms with E-state index in [1.54, 1.807) is 10.8 Å². The molecule has 2 aromatic heterocycles. The number of aliphatic carboxylic acids is 1. The molecule has 5 nitrogen and oxygen atoms in total. The molecule has 1 N–H and O–H groups in total. The van der Waals surface area contributed by atoms with Crippen LogP contribution < -0.4 is 0 Å². The number of carbonyl (C=O) groups is 1. The molecule has 0 fully saturated rings. The maximum Gasteiger partial charge on any atom is 0.327 e. The standard InChI is InChI=1S/C17H17N3O2/c1-11(2)15(17(21)22)20-14-9-4-3-7-12(14)19-16(20)13-8-5-6-10-18-13/h3-11,15H,1-2H3,(H,21,22). The zero-order valence-electron chi connectivity index (χ0n) is 12.5. The van der Waals surface area contributed by atoms with Crippen LogP contribution in [-0.2, 0) is 4.79 Å². The second-order valence-electron chi connectivity index (χ2n) is 5.54. The summed E-state index contributed by atoms with van der Waals surface area (Å²) in [4.78, 5) is 20.7. The van der Waals surface area contributed by atoms with Crippen LogP contribution in [0.5, 0.6) is 0 Å². The summed E-state index contributed by atoms with van der Waals surface area (Å²) in [6.45, 7) is 3.80. The van der Waals surface area contributed by atoms with Crippen molar-refractivity contribution in [3.63, 3.8) is 0 Å². The topological polar surface area (TPSA) is 68.0 Å². The Morgan fingerprint density at radius 2 is 1.86 bits per heavy atom. The first-order chi connectivity index (χ1) is 10.6. The lowest BCUT2D eigenvalue weighted by molar-refractivity contribution is -0.142. The van der Waals surface area contributed by atoms with Gasteiger partial charge in [-0.25, -0.2) is 9.78 Å². The van der Waals surface area contributed by atoms with Gasteiger partial charge in [0.25, 0.3) is 0 Å². The Morgan fingerprint density at radius 3 is 2.50 bits per heavy atom. The zero-order chi connectivity index (χ0) is 15.7. The van der Waals surface area contributed by atoms with Crippen molar-refractivity contribution in [1.82, 2.24) is 14.5 Å². The first kappa shape index (κ1) is 14.3. The van der Waals surface area contributed by atoms with E-state index in [1.165, 1.54) is 0 Å². The summed E-state index contributed by atoms with van der Waals surface area (Å²) in [6.07, 6.45) is 1.68. The van der Waals surface area contributed by atoms with Crippen LogP contribution in [0, 0.1) is 5.92 Å². The molecule has 0 aliphatic rings. The molecule has 0 aliphatic heterocycles. The van der Waals surface area contributed by atoms with Crippen molar-refractivity contribution in [2.45, 2.75) is 19.9 Å². The van der Waals surface area contributed by atoms with Gasteiger partial charge in [-0.3, -0.25) is 4.98 Å². The number of hydrogen-bond donors (Lipinski definition) is 1. The van der Waals surface area contributed by atoms with Crippen molar-refractivity contribution in [2.75, 3.05) is 0 Å². The number of hydrogen-bond acceptors (Lipinski definition) is 3. The summed E-state index contributed by atoms with van der Waals surface area (Å²) in [5.41, 5.74) is 2.25. The second kappa shape index (κ2) is 5.60. The zero-order valence-corrected chi connectivity index (χ0v) is 12.5. The molecular formula is C17H17N3O2. The summed E-state index contributed by atoms with van der Waals surface area (Å²) in [6, 6.07) is 12.4. The van der Waals surface area contributed by atoms with E-state index in [4.69, 9.17) is 0 Å². The highest BCUT2D eigenvalue weighted by Gasteiger charge is 2.28. The summed E-state index contributed by atoms with van der Waals surface area (Å²) in [5, 5.41) is 9.68. The van der Waals surface area contributed by atoms with Gasteiger partial charge >= 0.3 is 5.97 Å². The largest absolute Gasteiger partial charge is 0.480 e. The third kappa shape index (κ3) is 2.35. The van der Waals surface area contributed by atoms with E-state index >= 15 is 0 Å². The molecule has 112 valence electrons. The fraction of sp³-hybridized carbons (Fsp3) is 0.235. The normalized spacial score (nSPS) is 12.7. The van der Waals surface area contributed by atoms with Crippen LogP contribution in [0.2, 0.25) is 0 Å². The van der Waals surface area contributed by atoms with E-state index < -0.39 is 12.0 Å². The molecule has 0 saturated carbocycles. The van der Waals surface area contributed by atoms with E-state index in [2.05, 4.69) is 9.97 Å². The highest BCUT2D eigenvalue weighted by molar-refractivity contribution is 5.84. The Morgan fingerprint density at radius 1 is 1.14 bits per heavy atom.